The largest absolute Gasteiger partial charge is 0.368 e. The van der Waals surface area contributed by atoms with Gasteiger partial charge in [-0.2, -0.15) is 0 Å². The molecule has 4 N–H and O–H groups in total. The lowest BCUT2D eigenvalue weighted by Crippen LogP contribution is -2.48. The lowest BCUT2D eigenvalue weighted by atomic mass is 9.92. The molecule has 0 aromatic carbocycles. The number of carbonyl (C=O) groups is 2. The number of rotatable bonds is 10. The molecule has 0 aromatic rings. The van der Waals surface area contributed by atoms with Crippen LogP contribution >= 0.6 is 7.60 Å². The zero-order chi connectivity index (χ0) is 17.3. The summed E-state index contributed by atoms with van der Waals surface area (Å²) in [6, 6.07) is -0.332. The first-order chi connectivity index (χ1) is 10.9. The van der Waals surface area contributed by atoms with Crippen LogP contribution in [0, 0.1) is 5.92 Å². The Morgan fingerprint density at radius 3 is 2.52 bits per heavy atom. The van der Waals surface area contributed by atoms with E-state index in [1.807, 2.05) is 0 Å². The highest BCUT2D eigenvalue weighted by molar-refractivity contribution is 7.53. The van der Waals surface area contributed by atoms with Crippen LogP contribution in [0.15, 0.2) is 0 Å². The summed E-state index contributed by atoms with van der Waals surface area (Å²) in [6.45, 7) is 5.22. The SMILES string of the molecule is CCOP(=O)(CCC(=O)NCC1CCNC(C(N)=O)C1)OCC. The smallest absolute Gasteiger partial charge is 0.331 e. The maximum absolute atomic E-state index is 12.3. The molecule has 1 aliphatic rings. The van der Waals surface area contributed by atoms with Crippen LogP contribution in [0.4, 0.5) is 0 Å². The van der Waals surface area contributed by atoms with Crippen LogP contribution in [0.2, 0.25) is 0 Å². The predicted octanol–water partition coefficient (Wildman–Crippen LogP) is 0.612. The van der Waals surface area contributed by atoms with E-state index in [1.54, 1.807) is 13.8 Å². The summed E-state index contributed by atoms with van der Waals surface area (Å²) < 4.78 is 22.6. The fourth-order valence-corrected chi connectivity index (χ4v) is 4.14. The third-order valence-electron chi connectivity index (χ3n) is 3.71. The van der Waals surface area contributed by atoms with Crippen LogP contribution in [-0.4, -0.2) is 50.3 Å². The molecule has 2 amide bonds. The Morgan fingerprint density at radius 2 is 1.96 bits per heavy atom. The van der Waals surface area contributed by atoms with Gasteiger partial charge in [-0.15, -0.1) is 0 Å². The zero-order valence-corrected chi connectivity index (χ0v) is 14.8. The molecule has 134 valence electrons. The van der Waals surface area contributed by atoms with E-state index in [-0.39, 0.29) is 49.6 Å². The van der Waals surface area contributed by atoms with E-state index in [0.717, 1.165) is 6.42 Å². The molecule has 9 heteroatoms. The summed E-state index contributed by atoms with van der Waals surface area (Å²) in [4.78, 5) is 23.1. The van der Waals surface area contributed by atoms with Gasteiger partial charge in [0.15, 0.2) is 0 Å². The van der Waals surface area contributed by atoms with Gasteiger partial charge in [-0.1, -0.05) is 0 Å². The molecule has 0 radical (unpaired) electrons. The van der Waals surface area contributed by atoms with Crippen molar-refractivity contribution in [2.75, 3.05) is 32.5 Å². The minimum atomic E-state index is -3.18. The molecule has 1 rings (SSSR count). The quantitative estimate of drug-likeness (QED) is 0.497. The number of amides is 2. The molecular formula is C14H28N3O5P. The molecule has 1 heterocycles. The summed E-state index contributed by atoms with van der Waals surface area (Å²) in [7, 11) is -3.18. The molecule has 0 aliphatic carbocycles. The second-order valence-corrected chi connectivity index (χ2v) is 7.71. The van der Waals surface area contributed by atoms with E-state index in [1.165, 1.54) is 0 Å². The van der Waals surface area contributed by atoms with Crippen molar-refractivity contribution >= 4 is 19.4 Å². The lowest BCUT2D eigenvalue weighted by molar-refractivity contribution is -0.121. The third-order valence-corrected chi connectivity index (χ3v) is 5.78. The monoisotopic (exact) mass is 349 g/mol. The Kier molecular flexibility index (Phi) is 8.76. The standard InChI is InChI=1S/C14H28N3O5P/c1-3-21-23(20,22-4-2)8-6-13(18)17-10-11-5-7-16-12(9-11)14(15)19/h11-12,16H,3-10H2,1-2H3,(H2,15,19)(H,17,18). The van der Waals surface area contributed by atoms with E-state index in [2.05, 4.69) is 10.6 Å². The van der Waals surface area contributed by atoms with Gasteiger partial charge in [0.25, 0.3) is 0 Å². The summed E-state index contributed by atoms with van der Waals surface area (Å²) in [5, 5.41) is 5.87. The number of carbonyl (C=O) groups excluding carboxylic acids is 2. The van der Waals surface area contributed by atoms with Crippen molar-refractivity contribution in [3.63, 3.8) is 0 Å². The highest BCUT2D eigenvalue weighted by Gasteiger charge is 2.27. The van der Waals surface area contributed by atoms with E-state index in [9.17, 15) is 14.2 Å². The third kappa shape index (κ3) is 7.44. The first-order valence-corrected chi connectivity index (χ1v) is 9.80. The fraction of sp³-hybridized carbons (Fsp3) is 0.857. The topological polar surface area (TPSA) is 120 Å². The van der Waals surface area contributed by atoms with Crippen molar-refractivity contribution in [1.29, 1.82) is 0 Å². The van der Waals surface area contributed by atoms with Crippen LogP contribution in [0.3, 0.4) is 0 Å². The van der Waals surface area contributed by atoms with Gasteiger partial charge in [0.1, 0.15) is 0 Å². The molecule has 8 nitrogen and oxygen atoms in total. The van der Waals surface area contributed by atoms with Crippen molar-refractivity contribution in [2.24, 2.45) is 11.7 Å². The number of nitrogens with one attached hydrogen (secondary N) is 2. The number of primary amides is 1. The van der Waals surface area contributed by atoms with Gasteiger partial charge in [-0.25, -0.2) is 0 Å². The number of piperidine rings is 1. The van der Waals surface area contributed by atoms with Crippen molar-refractivity contribution in [1.82, 2.24) is 10.6 Å². The second kappa shape index (κ2) is 10.0. The maximum atomic E-state index is 12.3. The highest BCUT2D eigenvalue weighted by atomic mass is 31.2. The number of hydrogen-bond acceptors (Lipinski definition) is 6. The Labute approximate surface area is 137 Å². The Morgan fingerprint density at radius 1 is 1.30 bits per heavy atom. The van der Waals surface area contributed by atoms with E-state index in [0.29, 0.717) is 19.5 Å². The molecule has 2 atom stereocenters. The van der Waals surface area contributed by atoms with Crippen LogP contribution < -0.4 is 16.4 Å². The average Bonchev–Trinajstić information content (AvgIpc) is 2.52. The molecule has 0 aromatic heterocycles. The normalized spacial score (nSPS) is 21.8. The molecular weight excluding hydrogens is 321 g/mol. The van der Waals surface area contributed by atoms with Crippen LogP contribution in [0.25, 0.3) is 0 Å². The van der Waals surface area contributed by atoms with Gasteiger partial charge in [-0.05, 0) is 39.2 Å². The van der Waals surface area contributed by atoms with E-state index < -0.39 is 7.60 Å². The lowest BCUT2D eigenvalue weighted by Gasteiger charge is -2.28. The molecule has 1 saturated heterocycles. The van der Waals surface area contributed by atoms with Gasteiger partial charge in [-0.3, -0.25) is 14.2 Å². The molecule has 1 aliphatic heterocycles. The Bertz CT molecular complexity index is 436. The van der Waals surface area contributed by atoms with Crippen molar-refractivity contribution in [3.8, 4) is 0 Å². The van der Waals surface area contributed by atoms with Gasteiger partial charge in [0, 0.05) is 13.0 Å². The molecule has 0 spiro atoms. The van der Waals surface area contributed by atoms with Gasteiger partial charge in [0.2, 0.25) is 11.8 Å². The van der Waals surface area contributed by atoms with Crippen molar-refractivity contribution in [3.05, 3.63) is 0 Å². The molecule has 1 fully saturated rings. The van der Waals surface area contributed by atoms with Crippen molar-refractivity contribution in [2.45, 2.75) is 39.2 Å². The zero-order valence-electron chi connectivity index (χ0n) is 13.9. The first kappa shape index (κ1) is 20.1. The summed E-state index contributed by atoms with van der Waals surface area (Å²) in [6.07, 6.45) is 1.64. The fourth-order valence-electron chi connectivity index (χ4n) is 2.54. The van der Waals surface area contributed by atoms with Gasteiger partial charge >= 0.3 is 7.60 Å². The number of nitrogens with two attached hydrogens (primary N) is 1. The first-order valence-electron chi connectivity index (χ1n) is 8.07. The maximum Gasteiger partial charge on any atom is 0.331 e. The van der Waals surface area contributed by atoms with Gasteiger partial charge in [0.05, 0.1) is 25.4 Å². The van der Waals surface area contributed by atoms with Gasteiger partial charge < -0.3 is 25.4 Å². The second-order valence-electron chi connectivity index (χ2n) is 5.52. The Balaban J connectivity index is 2.33. The summed E-state index contributed by atoms with van der Waals surface area (Å²) >= 11 is 0. The van der Waals surface area contributed by atoms with Crippen LogP contribution in [0.5, 0.6) is 0 Å². The molecule has 23 heavy (non-hydrogen) atoms. The summed E-state index contributed by atoms with van der Waals surface area (Å²) in [5.74, 6) is -0.350. The van der Waals surface area contributed by atoms with Crippen LogP contribution in [-0.2, 0) is 23.2 Å². The average molecular weight is 349 g/mol. The minimum Gasteiger partial charge on any atom is -0.368 e. The Hall–Kier alpha value is -0.950. The minimum absolute atomic E-state index is 0.0661. The highest BCUT2D eigenvalue weighted by Crippen LogP contribution is 2.48. The van der Waals surface area contributed by atoms with E-state index >= 15 is 0 Å². The van der Waals surface area contributed by atoms with Crippen molar-refractivity contribution < 1.29 is 23.2 Å². The number of hydrogen-bond donors (Lipinski definition) is 3. The molecule has 2 unspecified atom stereocenters. The molecule has 0 saturated carbocycles. The van der Waals surface area contributed by atoms with Crippen LogP contribution in [0.1, 0.15) is 33.1 Å². The van der Waals surface area contributed by atoms with E-state index in [4.69, 9.17) is 14.8 Å². The molecule has 0 bridgehead atoms. The predicted molar refractivity (Wildman–Crippen MR) is 87.1 cm³/mol. The summed E-state index contributed by atoms with van der Waals surface area (Å²) in [5.41, 5.74) is 5.29.